The molecule has 0 radical (unpaired) electrons. The summed E-state index contributed by atoms with van der Waals surface area (Å²) in [6, 6.07) is 27.6. The molecule has 0 fully saturated rings. The Morgan fingerprint density at radius 3 is 1.71 bits per heavy atom. The summed E-state index contributed by atoms with van der Waals surface area (Å²) in [5.74, 6) is 0. The molecule has 0 aliphatic heterocycles. The largest absolute Gasteiger partial charge is 0.410 e. The van der Waals surface area contributed by atoms with Crippen LogP contribution >= 0.6 is 11.6 Å². The third-order valence-corrected chi connectivity index (χ3v) is 8.60. The minimum absolute atomic E-state index is 0.100. The van der Waals surface area contributed by atoms with Crippen LogP contribution in [0.5, 0.6) is 0 Å². The van der Waals surface area contributed by atoms with Crippen LogP contribution in [0, 0.1) is 0 Å². The summed E-state index contributed by atoms with van der Waals surface area (Å²) >= 11 is 6.36. The van der Waals surface area contributed by atoms with Gasteiger partial charge in [-0.1, -0.05) is 103 Å². The zero-order valence-electron chi connectivity index (χ0n) is 22.6. The van der Waals surface area contributed by atoms with Crippen LogP contribution in [0.1, 0.15) is 49.2 Å². The molecule has 0 aliphatic rings. The Bertz CT molecular complexity index is 1570. The van der Waals surface area contributed by atoms with Crippen molar-refractivity contribution in [2.75, 3.05) is 0 Å². The van der Waals surface area contributed by atoms with E-state index in [-0.39, 0.29) is 16.2 Å². The van der Waals surface area contributed by atoms with Gasteiger partial charge in [0.05, 0.1) is 26.9 Å². The normalized spacial score (nSPS) is 14.2. The fourth-order valence-corrected chi connectivity index (χ4v) is 5.91. The number of fused-ring (bicyclic) bond motifs is 1. The number of alkyl halides is 3. The van der Waals surface area contributed by atoms with E-state index in [1.165, 1.54) is 12.3 Å². The Labute approximate surface area is 244 Å². The predicted octanol–water partition coefficient (Wildman–Crippen LogP) is 7.58. The van der Waals surface area contributed by atoms with Crippen molar-refractivity contribution in [1.29, 1.82) is 0 Å². The minimum Gasteiger partial charge on any atom is -0.245 e. The first-order chi connectivity index (χ1) is 19.4. The second kappa shape index (κ2) is 11.0. The van der Waals surface area contributed by atoms with E-state index < -0.39 is 33.5 Å². The van der Waals surface area contributed by atoms with Gasteiger partial charge in [-0.25, -0.2) is 18.6 Å². The maximum absolute atomic E-state index is 14.7. The molecule has 3 aromatic carbocycles. The average molecular weight is 597 g/mol. The first-order valence-electron chi connectivity index (χ1n) is 12.9. The van der Waals surface area contributed by atoms with Crippen LogP contribution in [0.2, 0.25) is 5.15 Å². The van der Waals surface area contributed by atoms with Crippen molar-refractivity contribution in [3.8, 4) is 0 Å². The zero-order valence-corrected chi connectivity index (χ0v) is 24.1. The van der Waals surface area contributed by atoms with Crippen molar-refractivity contribution < 1.29 is 17.4 Å². The minimum atomic E-state index is -4.82. The molecule has 0 saturated carbocycles. The van der Waals surface area contributed by atoms with E-state index >= 15 is 0 Å². The van der Waals surface area contributed by atoms with E-state index in [1.54, 1.807) is 25.5 Å². The molecule has 0 amide bonds. The molecule has 0 saturated heterocycles. The molecule has 0 aliphatic carbocycles. The monoisotopic (exact) mass is 596 g/mol. The van der Waals surface area contributed by atoms with Gasteiger partial charge in [-0.15, -0.1) is 0 Å². The van der Waals surface area contributed by atoms with Crippen molar-refractivity contribution in [3.63, 3.8) is 0 Å². The molecule has 2 aromatic heterocycles. The fraction of sp³-hybridized carbons (Fsp3) is 0.226. The van der Waals surface area contributed by atoms with Crippen molar-refractivity contribution >= 4 is 33.5 Å². The summed E-state index contributed by atoms with van der Waals surface area (Å²) < 4.78 is 60.2. The Morgan fingerprint density at radius 1 is 0.829 bits per heavy atom. The predicted molar refractivity (Wildman–Crippen MR) is 157 cm³/mol. The smallest absolute Gasteiger partial charge is 0.245 e. The van der Waals surface area contributed by atoms with Crippen LogP contribution < -0.4 is 4.72 Å². The van der Waals surface area contributed by atoms with Crippen molar-refractivity contribution in [2.24, 2.45) is 0 Å². The van der Waals surface area contributed by atoms with Gasteiger partial charge in [0.2, 0.25) is 0 Å². The molecule has 1 N–H and O–H groups in total. The molecule has 5 aromatic rings. The van der Waals surface area contributed by atoms with Crippen LogP contribution in [-0.4, -0.2) is 29.9 Å². The van der Waals surface area contributed by atoms with Gasteiger partial charge in [0.25, 0.3) is 0 Å². The number of pyridine rings is 1. The SMILES string of the molecule is CC(C)(C)S(=O)NC(c1nn(C(c2ccccc2)(c2ccccc2)c2ccccc2)c2cc(Cl)ncc12)C(F)(F)F. The summed E-state index contributed by atoms with van der Waals surface area (Å²) in [5, 5.41) is 4.98. The first kappa shape index (κ1) is 29.0. The van der Waals surface area contributed by atoms with E-state index in [2.05, 4.69) is 9.71 Å². The Hall–Kier alpha value is -3.53. The quantitative estimate of drug-likeness (QED) is 0.156. The summed E-state index contributed by atoms with van der Waals surface area (Å²) in [6.07, 6.45) is -3.52. The lowest BCUT2D eigenvalue weighted by Crippen LogP contribution is -2.42. The van der Waals surface area contributed by atoms with Gasteiger partial charge in [0.15, 0.2) is 6.04 Å². The number of nitrogens with zero attached hydrogens (tertiary/aromatic N) is 3. The number of nitrogens with one attached hydrogen (secondary N) is 1. The topological polar surface area (TPSA) is 59.8 Å². The maximum atomic E-state index is 14.7. The maximum Gasteiger partial charge on any atom is 0.410 e. The number of benzene rings is 3. The van der Waals surface area contributed by atoms with E-state index in [1.807, 2.05) is 91.0 Å². The molecule has 2 unspecified atom stereocenters. The first-order valence-corrected chi connectivity index (χ1v) is 14.4. The van der Waals surface area contributed by atoms with Gasteiger partial charge >= 0.3 is 6.18 Å². The third-order valence-electron chi connectivity index (χ3n) is 6.83. The van der Waals surface area contributed by atoms with Gasteiger partial charge in [-0.2, -0.15) is 18.3 Å². The summed E-state index contributed by atoms with van der Waals surface area (Å²) in [7, 11) is -2.05. The molecule has 212 valence electrons. The highest BCUT2D eigenvalue weighted by atomic mass is 35.5. The lowest BCUT2D eigenvalue weighted by atomic mass is 9.77. The highest BCUT2D eigenvalue weighted by Gasteiger charge is 2.48. The van der Waals surface area contributed by atoms with E-state index in [0.29, 0.717) is 5.52 Å². The van der Waals surface area contributed by atoms with Gasteiger partial charge in [0.1, 0.15) is 10.7 Å². The van der Waals surface area contributed by atoms with Gasteiger partial charge < -0.3 is 0 Å². The third kappa shape index (κ3) is 5.41. The number of hydrogen-bond donors (Lipinski definition) is 1. The Kier molecular flexibility index (Phi) is 7.80. The summed E-state index contributed by atoms with van der Waals surface area (Å²) in [6.45, 7) is 4.81. The molecule has 5 rings (SSSR count). The van der Waals surface area contributed by atoms with Crippen LogP contribution in [0.3, 0.4) is 0 Å². The summed E-state index contributed by atoms with van der Waals surface area (Å²) in [5.41, 5.74) is 1.11. The molecule has 10 heteroatoms. The van der Waals surface area contributed by atoms with Crippen LogP contribution in [0.4, 0.5) is 13.2 Å². The fourth-order valence-electron chi connectivity index (χ4n) is 4.94. The molecule has 2 heterocycles. The standard InChI is InChI=1S/C31H28ClF3N4OS/c1-29(2,3)41(40)38-28(31(33,34)35)27-24-20-36-26(32)19-25(24)39(37-27)30(21-13-7-4-8-14-21,22-15-9-5-10-16-22)23-17-11-6-12-18-23/h4-20,28,38H,1-3H3. The van der Waals surface area contributed by atoms with Crippen LogP contribution in [-0.2, 0) is 16.5 Å². The van der Waals surface area contributed by atoms with E-state index in [9.17, 15) is 17.4 Å². The Morgan fingerprint density at radius 2 is 1.29 bits per heavy atom. The Balaban J connectivity index is 1.92. The number of rotatable bonds is 7. The molecule has 0 bridgehead atoms. The lowest BCUT2D eigenvalue weighted by Gasteiger charge is -2.37. The molecule has 41 heavy (non-hydrogen) atoms. The molecule has 0 spiro atoms. The van der Waals surface area contributed by atoms with Crippen LogP contribution in [0.15, 0.2) is 103 Å². The van der Waals surface area contributed by atoms with Gasteiger partial charge in [-0.05, 0) is 37.5 Å². The number of halogens is 4. The molecular formula is C31H28ClF3N4OS. The second-order valence-electron chi connectivity index (χ2n) is 10.6. The van der Waals surface area contributed by atoms with Gasteiger partial charge in [-0.3, -0.25) is 0 Å². The highest BCUT2D eigenvalue weighted by Crippen LogP contribution is 2.45. The van der Waals surface area contributed by atoms with Crippen molar-refractivity contribution in [1.82, 2.24) is 19.5 Å². The zero-order chi connectivity index (χ0) is 29.4. The highest BCUT2D eigenvalue weighted by molar-refractivity contribution is 7.84. The number of hydrogen-bond acceptors (Lipinski definition) is 3. The van der Waals surface area contributed by atoms with Crippen molar-refractivity contribution in [2.45, 2.75) is 43.3 Å². The van der Waals surface area contributed by atoms with Crippen molar-refractivity contribution in [3.05, 3.63) is 131 Å². The molecule has 2 atom stereocenters. The molecular weight excluding hydrogens is 569 g/mol. The van der Waals surface area contributed by atoms with Gasteiger partial charge in [0, 0.05) is 17.6 Å². The summed E-state index contributed by atoms with van der Waals surface area (Å²) in [4.78, 5) is 4.12. The van der Waals surface area contributed by atoms with E-state index in [4.69, 9.17) is 16.7 Å². The number of aromatic nitrogens is 3. The van der Waals surface area contributed by atoms with E-state index in [0.717, 1.165) is 16.7 Å². The second-order valence-corrected chi connectivity index (χ2v) is 13.0. The average Bonchev–Trinajstić information content (AvgIpc) is 3.31. The molecule has 5 nitrogen and oxygen atoms in total. The van der Waals surface area contributed by atoms with Crippen LogP contribution in [0.25, 0.3) is 10.9 Å². The lowest BCUT2D eigenvalue weighted by molar-refractivity contribution is -0.153.